The van der Waals surface area contributed by atoms with E-state index in [0.717, 1.165) is 6.07 Å². The summed E-state index contributed by atoms with van der Waals surface area (Å²) in [6.07, 6.45) is 1.62. The van der Waals surface area contributed by atoms with Crippen LogP contribution in [0.25, 0.3) is 11.0 Å². The molecule has 0 atom stereocenters. The van der Waals surface area contributed by atoms with Gasteiger partial charge in [0.2, 0.25) is 0 Å². The zero-order valence-corrected chi connectivity index (χ0v) is 16.3. The molecule has 1 aromatic heterocycles. The van der Waals surface area contributed by atoms with Crippen molar-refractivity contribution < 1.29 is 23.4 Å². The van der Waals surface area contributed by atoms with E-state index in [2.05, 4.69) is 4.98 Å². The summed E-state index contributed by atoms with van der Waals surface area (Å²) in [5.74, 6) is -1.77. The Hall–Kier alpha value is -3.33. The van der Waals surface area contributed by atoms with Gasteiger partial charge in [0.25, 0.3) is 0 Å². The molecule has 0 aliphatic carbocycles. The highest BCUT2D eigenvalue weighted by molar-refractivity contribution is 5.98. The fraction of sp³-hybridized carbons (Fsp3) is 0.286. The maximum absolute atomic E-state index is 13.6. The number of aromatic carboxylic acids is 1. The molecule has 0 radical (unpaired) electrons. The van der Waals surface area contributed by atoms with Gasteiger partial charge in [-0.1, -0.05) is 0 Å². The molecular weight excluding hydrogens is 394 g/mol. The first-order valence-corrected chi connectivity index (χ1v) is 9.43. The SMILES string of the molecule is CN(Cc1cc(F)cc(F)c1)c1cc(C(=O)O)cc2ncc(N3CCOCC3)nc12. The molecule has 1 N–H and O–H groups in total. The number of carboxylic acids is 1. The second-order valence-corrected chi connectivity index (χ2v) is 7.13. The number of benzene rings is 2. The minimum atomic E-state index is -1.09. The topological polar surface area (TPSA) is 78.8 Å². The summed E-state index contributed by atoms with van der Waals surface area (Å²) in [7, 11) is 1.71. The van der Waals surface area contributed by atoms with Crippen LogP contribution in [0.5, 0.6) is 0 Å². The first-order chi connectivity index (χ1) is 14.4. The third kappa shape index (κ3) is 4.16. The van der Waals surface area contributed by atoms with Gasteiger partial charge in [-0.3, -0.25) is 4.98 Å². The average molecular weight is 414 g/mol. The van der Waals surface area contributed by atoms with E-state index >= 15 is 0 Å². The second kappa shape index (κ2) is 8.19. The van der Waals surface area contributed by atoms with Gasteiger partial charge < -0.3 is 19.6 Å². The van der Waals surface area contributed by atoms with Gasteiger partial charge in [-0.15, -0.1) is 0 Å². The molecule has 30 heavy (non-hydrogen) atoms. The maximum Gasteiger partial charge on any atom is 0.335 e. The largest absolute Gasteiger partial charge is 0.478 e. The van der Waals surface area contributed by atoms with Crippen molar-refractivity contribution in [1.82, 2.24) is 9.97 Å². The Morgan fingerprint density at radius 3 is 2.53 bits per heavy atom. The molecule has 2 aromatic carbocycles. The highest BCUT2D eigenvalue weighted by Gasteiger charge is 2.18. The number of morpholine rings is 1. The van der Waals surface area contributed by atoms with E-state index in [-0.39, 0.29) is 12.1 Å². The van der Waals surface area contributed by atoms with Crippen LogP contribution in [0.1, 0.15) is 15.9 Å². The van der Waals surface area contributed by atoms with Crippen molar-refractivity contribution in [2.45, 2.75) is 6.54 Å². The zero-order valence-electron chi connectivity index (χ0n) is 16.3. The molecule has 4 rings (SSSR count). The normalized spacial score (nSPS) is 14.2. The summed E-state index contributed by atoms with van der Waals surface area (Å²) < 4.78 is 32.6. The predicted molar refractivity (Wildman–Crippen MR) is 108 cm³/mol. The summed E-state index contributed by atoms with van der Waals surface area (Å²) in [5.41, 5.74) is 1.93. The molecule has 1 aliphatic rings. The van der Waals surface area contributed by atoms with Gasteiger partial charge in [-0.25, -0.2) is 18.6 Å². The number of hydrogen-bond donors (Lipinski definition) is 1. The lowest BCUT2D eigenvalue weighted by Crippen LogP contribution is -2.36. The number of ether oxygens (including phenoxy) is 1. The Labute approximate surface area is 171 Å². The van der Waals surface area contributed by atoms with E-state index in [1.54, 1.807) is 18.1 Å². The lowest BCUT2D eigenvalue weighted by Gasteiger charge is -2.28. The number of nitrogens with zero attached hydrogens (tertiary/aromatic N) is 4. The van der Waals surface area contributed by atoms with Crippen molar-refractivity contribution >= 4 is 28.5 Å². The van der Waals surface area contributed by atoms with Crippen LogP contribution in [0.2, 0.25) is 0 Å². The van der Waals surface area contributed by atoms with Gasteiger partial charge in [-0.05, 0) is 29.8 Å². The average Bonchev–Trinajstić information content (AvgIpc) is 2.72. The Morgan fingerprint density at radius 2 is 1.87 bits per heavy atom. The van der Waals surface area contributed by atoms with Crippen LogP contribution in [0.4, 0.5) is 20.3 Å². The van der Waals surface area contributed by atoms with Gasteiger partial charge in [-0.2, -0.15) is 0 Å². The number of carboxylic acid groups (broad SMARTS) is 1. The summed E-state index contributed by atoms with van der Waals surface area (Å²) in [4.78, 5) is 24.5. The molecule has 7 nitrogen and oxygen atoms in total. The quantitative estimate of drug-likeness (QED) is 0.687. The van der Waals surface area contributed by atoms with Crippen LogP contribution in [0.15, 0.2) is 36.5 Å². The lowest BCUT2D eigenvalue weighted by atomic mass is 10.1. The Kier molecular flexibility index (Phi) is 5.45. The van der Waals surface area contributed by atoms with Crippen LogP contribution >= 0.6 is 0 Å². The Balaban J connectivity index is 1.77. The van der Waals surface area contributed by atoms with Crippen molar-refractivity contribution in [1.29, 1.82) is 0 Å². The van der Waals surface area contributed by atoms with Gasteiger partial charge in [0.15, 0.2) is 0 Å². The van der Waals surface area contributed by atoms with Crippen molar-refractivity contribution in [2.24, 2.45) is 0 Å². The number of hydrogen-bond acceptors (Lipinski definition) is 6. The highest BCUT2D eigenvalue weighted by Crippen LogP contribution is 2.29. The van der Waals surface area contributed by atoms with E-state index in [0.29, 0.717) is 54.4 Å². The Morgan fingerprint density at radius 1 is 1.17 bits per heavy atom. The van der Waals surface area contributed by atoms with Gasteiger partial charge in [0, 0.05) is 32.7 Å². The third-order valence-corrected chi connectivity index (χ3v) is 4.95. The molecule has 9 heteroatoms. The predicted octanol–water partition coefficient (Wildman–Crippen LogP) is 3.08. The number of rotatable bonds is 5. The Bertz CT molecular complexity index is 1080. The molecule has 1 fully saturated rings. The third-order valence-electron chi connectivity index (χ3n) is 4.95. The van der Waals surface area contributed by atoms with E-state index in [4.69, 9.17) is 9.72 Å². The molecule has 0 unspecified atom stereocenters. The second-order valence-electron chi connectivity index (χ2n) is 7.13. The maximum atomic E-state index is 13.6. The summed E-state index contributed by atoms with van der Waals surface area (Å²) in [5, 5.41) is 9.48. The van der Waals surface area contributed by atoms with Crippen molar-refractivity contribution in [3.63, 3.8) is 0 Å². The van der Waals surface area contributed by atoms with Crippen molar-refractivity contribution in [3.8, 4) is 0 Å². The summed E-state index contributed by atoms with van der Waals surface area (Å²) >= 11 is 0. The molecular formula is C21H20F2N4O3. The molecule has 0 amide bonds. The number of aromatic nitrogens is 2. The zero-order chi connectivity index (χ0) is 21.3. The molecule has 156 valence electrons. The molecule has 1 saturated heterocycles. The monoisotopic (exact) mass is 414 g/mol. The number of fused-ring (bicyclic) bond motifs is 1. The smallest absolute Gasteiger partial charge is 0.335 e. The highest BCUT2D eigenvalue weighted by atomic mass is 19.1. The standard InChI is InChI=1S/C21H20F2N4O3/c1-26(12-13-6-15(22)10-16(23)7-13)18-9-14(21(28)29)8-17-20(18)25-19(11-24-17)27-2-4-30-5-3-27/h6-11H,2-5,12H2,1H3,(H,28,29). The minimum absolute atomic E-state index is 0.0585. The molecule has 0 bridgehead atoms. The van der Waals surface area contributed by atoms with Crippen molar-refractivity contribution in [3.05, 3.63) is 59.3 Å². The summed E-state index contributed by atoms with van der Waals surface area (Å²) in [6, 6.07) is 6.26. The fourth-order valence-corrected chi connectivity index (χ4v) is 3.51. The lowest BCUT2D eigenvalue weighted by molar-refractivity contribution is 0.0697. The van der Waals surface area contributed by atoms with E-state index in [1.807, 2.05) is 4.90 Å². The summed E-state index contributed by atoms with van der Waals surface area (Å²) in [6.45, 7) is 2.71. The molecule has 0 saturated carbocycles. The van der Waals surface area contributed by atoms with Crippen LogP contribution in [0.3, 0.4) is 0 Å². The van der Waals surface area contributed by atoms with Crippen LogP contribution in [-0.4, -0.2) is 54.4 Å². The molecule has 1 aliphatic heterocycles. The molecule has 3 aromatic rings. The molecule has 0 spiro atoms. The number of halogens is 2. The number of anilines is 2. The molecule has 2 heterocycles. The van der Waals surface area contributed by atoms with Crippen LogP contribution < -0.4 is 9.80 Å². The van der Waals surface area contributed by atoms with E-state index < -0.39 is 17.6 Å². The van der Waals surface area contributed by atoms with Gasteiger partial charge in [0.05, 0.1) is 36.2 Å². The fourth-order valence-electron chi connectivity index (χ4n) is 3.51. The van der Waals surface area contributed by atoms with Gasteiger partial charge in [0.1, 0.15) is 23.0 Å². The minimum Gasteiger partial charge on any atom is -0.478 e. The van der Waals surface area contributed by atoms with Gasteiger partial charge >= 0.3 is 5.97 Å². The first-order valence-electron chi connectivity index (χ1n) is 9.43. The van der Waals surface area contributed by atoms with E-state index in [9.17, 15) is 18.7 Å². The van der Waals surface area contributed by atoms with E-state index in [1.165, 1.54) is 24.3 Å². The first kappa shape index (κ1) is 20.0. The number of carbonyl (C=O) groups is 1. The van der Waals surface area contributed by atoms with Crippen LogP contribution in [0, 0.1) is 11.6 Å². The van der Waals surface area contributed by atoms with Crippen molar-refractivity contribution in [2.75, 3.05) is 43.2 Å². The van der Waals surface area contributed by atoms with Crippen LogP contribution in [-0.2, 0) is 11.3 Å².